The number of thiazole rings is 1. The van der Waals surface area contributed by atoms with Crippen molar-refractivity contribution in [3.8, 4) is 5.75 Å². The molecule has 3 heterocycles. The molecule has 0 saturated carbocycles. The summed E-state index contributed by atoms with van der Waals surface area (Å²) >= 11 is 1.53. The predicted octanol–water partition coefficient (Wildman–Crippen LogP) is 4.04. The number of pyridine rings is 1. The van der Waals surface area contributed by atoms with Gasteiger partial charge in [-0.2, -0.15) is 0 Å². The first-order valence-corrected chi connectivity index (χ1v) is 9.84. The first-order valence-electron chi connectivity index (χ1n) is 9.03. The molecule has 1 N–H and O–H groups in total. The molecule has 1 aromatic carbocycles. The number of phenolic OH excluding ortho intramolecular Hbond substituents is 1. The van der Waals surface area contributed by atoms with E-state index in [1.165, 1.54) is 17.4 Å². The number of aromatic nitrogens is 2. The molecule has 27 heavy (non-hydrogen) atoms. The van der Waals surface area contributed by atoms with Gasteiger partial charge in [0.25, 0.3) is 0 Å². The van der Waals surface area contributed by atoms with E-state index in [0.29, 0.717) is 29.9 Å². The zero-order chi connectivity index (χ0) is 19.1. The number of morpholine rings is 1. The monoisotopic (exact) mass is 387 g/mol. The fourth-order valence-electron chi connectivity index (χ4n) is 3.87. The van der Waals surface area contributed by atoms with Gasteiger partial charge in [0, 0.05) is 24.8 Å². The molecule has 3 aromatic rings. The van der Waals surface area contributed by atoms with Crippen molar-refractivity contribution >= 4 is 21.6 Å². The average Bonchev–Trinajstić information content (AvgIpc) is 2.99. The van der Waals surface area contributed by atoms with E-state index in [1.54, 1.807) is 12.3 Å². The largest absolute Gasteiger partial charge is 0.505 e. The van der Waals surface area contributed by atoms with E-state index in [1.807, 2.05) is 32.9 Å². The lowest BCUT2D eigenvalue weighted by molar-refractivity contribution is -0.0773. The lowest BCUT2D eigenvalue weighted by Crippen LogP contribution is -2.47. The van der Waals surface area contributed by atoms with Crippen LogP contribution in [-0.2, 0) is 4.74 Å². The van der Waals surface area contributed by atoms with Gasteiger partial charge in [-0.15, -0.1) is 11.3 Å². The van der Waals surface area contributed by atoms with Gasteiger partial charge in [-0.3, -0.25) is 9.88 Å². The molecule has 0 amide bonds. The van der Waals surface area contributed by atoms with E-state index in [0.717, 1.165) is 9.71 Å². The van der Waals surface area contributed by atoms with Gasteiger partial charge in [0.1, 0.15) is 17.1 Å². The van der Waals surface area contributed by atoms with Crippen LogP contribution >= 0.6 is 11.3 Å². The summed E-state index contributed by atoms with van der Waals surface area (Å²) in [5.41, 5.74) is 1.48. The van der Waals surface area contributed by atoms with Gasteiger partial charge >= 0.3 is 0 Å². The zero-order valence-corrected chi connectivity index (χ0v) is 16.3. The summed E-state index contributed by atoms with van der Waals surface area (Å²) in [4.78, 5) is 10.9. The normalized spacial score (nSPS) is 22.2. The van der Waals surface area contributed by atoms with E-state index < -0.39 is 6.04 Å². The first-order chi connectivity index (χ1) is 12.9. The second-order valence-corrected chi connectivity index (χ2v) is 8.30. The number of halogens is 1. The molecule has 142 valence electrons. The lowest BCUT2D eigenvalue weighted by atomic mass is 9.97. The smallest absolute Gasteiger partial charge is 0.147 e. The Balaban J connectivity index is 1.88. The number of aryl methyl sites for hydroxylation is 1. The highest BCUT2D eigenvalue weighted by atomic mass is 32.1. The summed E-state index contributed by atoms with van der Waals surface area (Å²) in [6, 6.07) is 6.28. The third kappa shape index (κ3) is 3.42. The Morgan fingerprint density at radius 2 is 2.00 bits per heavy atom. The number of hydrogen-bond acceptors (Lipinski definition) is 6. The van der Waals surface area contributed by atoms with Gasteiger partial charge in [0.2, 0.25) is 0 Å². The predicted molar refractivity (Wildman–Crippen MR) is 104 cm³/mol. The number of ether oxygens (including phenoxy) is 1. The van der Waals surface area contributed by atoms with Gasteiger partial charge in [-0.1, -0.05) is 6.07 Å². The number of aromatic hydroxyl groups is 1. The van der Waals surface area contributed by atoms with Crippen LogP contribution in [0.25, 0.3) is 10.2 Å². The molecule has 1 unspecified atom stereocenters. The van der Waals surface area contributed by atoms with Gasteiger partial charge in [-0.05, 0) is 39.0 Å². The van der Waals surface area contributed by atoms with Gasteiger partial charge < -0.3 is 9.84 Å². The number of phenols is 1. The van der Waals surface area contributed by atoms with Crippen molar-refractivity contribution in [3.63, 3.8) is 0 Å². The highest BCUT2D eigenvalue weighted by Gasteiger charge is 2.34. The molecule has 0 radical (unpaired) electrons. The fourth-order valence-corrected chi connectivity index (χ4v) is 4.70. The second-order valence-electron chi connectivity index (χ2n) is 7.07. The number of nitrogens with zero attached hydrogens (tertiary/aromatic N) is 3. The minimum Gasteiger partial charge on any atom is -0.505 e. The SMILES string of the molecule is Cc1nc2c(O)c(C(c3ncccc3F)N3C[C@@H](C)O[C@@H](C)C3)ccc2s1. The van der Waals surface area contributed by atoms with Crippen LogP contribution in [-0.4, -0.2) is 45.3 Å². The molecule has 7 heteroatoms. The van der Waals surface area contributed by atoms with Crippen LogP contribution in [0.5, 0.6) is 5.75 Å². The van der Waals surface area contributed by atoms with E-state index in [2.05, 4.69) is 14.9 Å². The third-order valence-electron chi connectivity index (χ3n) is 4.83. The van der Waals surface area contributed by atoms with Gasteiger partial charge in [0.15, 0.2) is 0 Å². The summed E-state index contributed by atoms with van der Waals surface area (Å²) in [6.07, 6.45) is 1.60. The summed E-state index contributed by atoms with van der Waals surface area (Å²) in [5, 5.41) is 11.9. The van der Waals surface area contributed by atoms with Crippen molar-refractivity contribution in [2.75, 3.05) is 13.1 Å². The molecular weight excluding hydrogens is 365 g/mol. The lowest BCUT2D eigenvalue weighted by Gasteiger charge is -2.40. The molecule has 3 atom stereocenters. The van der Waals surface area contributed by atoms with Crippen molar-refractivity contribution in [2.24, 2.45) is 0 Å². The summed E-state index contributed by atoms with van der Waals surface area (Å²) < 4.78 is 21.5. The van der Waals surface area contributed by atoms with Crippen molar-refractivity contribution in [3.05, 3.63) is 52.5 Å². The standard InChI is InChI=1S/C20H22FN3O2S/c1-11-9-24(10-12(2)26-11)19(17-15(21)5-4-8-22-17)14-6-7-16-18(20(14)25)23-13(3)27-16/h4-8,11-12,19,25H,9-10H2,1-3H3/t11-,12+,19?. The summed E-state index contributed by atoms with van der Waals surface area (Å²) in [5.74, 6) is -0.290. The molecule has 1 fully saturated rings. The molecule has 1 saturated heterocycles. The quantitative estimate of drug-likeness (QED) is 0.735. The molecule has 0 bridgehead atoms. The van der Waals surface area contributed by atoms with Crippen LogP contribution in [0.1, 0.15) is 36.2 Å². The summed E-state index contributed by atoms with van der Waals surface area (Å²) in [7, 11) is 0. The first kappa shape index (κ1) is 18.3. The number of benzene rings is 1. The molecule has 1 aliphatic rings. The van der Waals surface area contributed by atoms with E-state index in [9.17, 15) is 9.50 Å². The Morgan fingerprint density at radius 3 is 2.70 bits per heavy atom. The molecule has 1 aliphatic heterocycles. The molecule has 2 aromatic heterocycles. The average molecular weight is 387 g/mol. The van der Waals surface area contributed by atoms with Crippen molar-refractivity contribution in [1.29, 1.82) is 0 Å². The Bertz CT molecular complexity index is 967. The minimum atomic E-state index is -0.508. The topological polar surface area (TPSA) is 58.5 Å². The van der Waals surface area contributed by atoms with Crippen LogP contribution in [0.3, 0.4) is 0 Å². The number of rotatable bonds is 3. The van der Waals surface area contributed by atoms with E-state index >= 15 is 0 Å². The second kappa shape index (κ2) is 7.14. The molecule has 4 rings (SSSR count). The van der Waals surface area contributed by atoms with Crippen LogP contribution in [0.15, 0.2) is 30.5 Å². The van der Waals surface area contributed by atoms with Gasteiger partial charge in [-0.25, -0.2) is 9.37 Å². The molecular formula is C20H22FN3O2S. The maximum Gasteiger partial charge on any atom is 0.147 e. The van der Waals surface area contributed by atoms with Crippen LogP contribution in [0.2, 0.25) is 0 Å². The summed E-state index contributed by atoms with van der Waals surface area (Å²) in [6.45, 7) is 7.16. The van der Waals surface area contributed by atoms with Gasteiger partial charge in [0.05, 0.1) is 33.7 Å². The van der Waals surface area contributed by atoms with E-state index in [4.69, 9.17) is 4.74 Å². The Morgan fingerprint density at radius 1 is 1.26 bits per heavy atom. The molecule has 5 nitrogen and oxygen atoms in total. The Labute approximate surface area is 161 Å². The highest BCUT2D eigenvalue weighted by Crippen LogP contribution is 2.40. The number of fused-ring (bicyclic) bond motifs is 1. The maximum absolute atomic E-state index is 14.7. The van der Waals surface area contributed by atoms with Crippen LogP contribution in [0, 0.1) is 12.7 Å². The highest BCUT2D eigenvalue weighted by molar-refractivity contribution is 7.18. The van der Waals surface area contributed by atoms with Crippen LogP contribution in [0.4, 0.5) is 4.39 Å². The van der Waals surface area contributed by atoms with Crippen molar-refractivity contribution in [2.45, 2.75) is 39.0 Å². The van der Waals surface area contributed by atoms with Crippen molar-refractivity contribution in [1.82, 2.24) is 14.9 Å². The fraction of sp³-hybridized carbons (Fsp3) is 0.400. The Kier molecular flexibility index (Phi) is 4.84. The zero-order valence-electron chi connectivity index (χ0n) is 15.5. The maximum atomic E-state index is 14.7. The number of hydrogen-bond donors (Lipinski definition) is 1. The molecule has 0 aliphatic carbocycles. The third-order valence-corrected chi connectivity index (χ3v) is 5.76. The molecule has 0 spiro atoms. The minimum absolute atomic E-state index is 0.00964. The van der Waals surface area contributed by atoms with Crippen molar-refractivity contribution < 1.29 is 14.2 Å². The van der Waals surface area contributed by atoms with E-state index in [-0.39, 0.29) is 23.8 Å². The Hall–Kier alpha value is -2.09. The van der Waals surface area contributed by atoms with Crippen LogP contribution < -0.4 is 0 Å².